The minimum absolute atomic E-state index is 0.00378. The third-order valence-corrected chi connectivity index (χ3v) is 5.69. The zero-order valence-corrected chi connectivity index (χ0v) is 15.3. The van der Waals surface area contributed by atoms with Gasteiger partial charge in [0, 0.05) is 17.8 Å². The van der Waals surface area contributed by atoms with Crippen molar-refractivity contribution in [1.29, 1.82) is 0 Å². The van der Waals surface area contributed by atoms with Gasteiger partial charge < -0.3 is 4.84 Å². The molecule has 0 unspecified atom stereocenters. The van der Waals surface area contributed by atoms with Crippen LogP contribution in [-0.4, -0.2) is 33.9 Å². The molecule has 0 radical (unpaired) electrons. The van der Waals surface area contributed by atoms with Crippen LogP contribution in [0.15, 0.2) is 72.1 Å². The number of nitrogens with zero attached hydrogens (tertiary/aromatic N) is 4. The average Bonchev–Trinajstić information content (AvgIpc) is 3.08. The van der Waals surface area contributed by atoms with Crippen LogP contribution in [0.5, 0.6) is 5.75 Å². The Bertz CT molecular complexity index is 1190. The van der Waals surface area contributed by atoms with Crippen LogP contribution in [0.4, 0.5) is 0 Å². The first kappa shape index (κ1) is 17.2. The molecule has 0 aromatic carbocycles. The van der Waals surface area contributed by atoms with Gasteiger partial charge in [-0.2, -0.15) is 4.73 Å². The standard InChI is InChI=1S/C19H16N4O3S/c1-2-27(24,25)18-9-8-15(13-22-18)26-23-17(16-7-3-4-10-20-16)12-14-6-5-11-21-19(14)23/h3-13H,2H2,1H3. The molecule has 4 rings (SSSR count). The largest absolute Gasteiger partial charge is 0.371 e. The summed E-state index contributed by atoms with van der Waals surface area (Å²) in [6.07, 6.45) is 4.77. The molecule has 4 aromatic rings. The van der Waals surface area contributed by atoms with Crippen LogP contribution < -0.4 is 4.84 Å². The van der Waals surface area contributed by atoms with Crippen molar-refractivity contribution in [2.24, 2.45) is 0 Å². The quantitative estimate of drug-likeness (QED) is 0.529. The second kappa shape index (κ2) is 6.81. The van der Waals surface area contributed by atoms with Crippen molar-refractivity contribution in [1.82, 2.24) is 19.7 Å². The van der Waals surface area contributed by atoms with Crippen molar-refractivity contribution < 1.29 is 13.3 Å². The van der Waals surface area contributed by atoms with E-state index in [9.17, 15) is 8.42 Å². The van der Waals surface area contributed by atoms with Crippen molar-refractivity contribution in [3.63, 3.8) is 0 Å². The van der Waals surface area contributed by atoms with Gasteiger partial charge in [0.25, 0.3) is 0 Å². The summed E-state index contributed by atoms with van der Waals surface area (Å²) in [5, 5.41) is 0.925. The fraction of sp³-hybridized carbons (Fsp3) is 0.105. The summed E-state index contributed by atoms with van der Waals surface area (Å²) < 4.78 is 25.4. The summed E-state index contributed by atoms with van der Waals surface area (Å²) in [4.78, 5) is 18.8. The Kier molecular flexibility index (Phi) is 4.33. The van der Waals surface area contributed by atoms with E-state index in [0.717, 1.165) is 16.8 Å². The average molecular weight is 380 g/mol. The molecule has 0 fully saturated rings. The zero-order chi connectivity index (χ0) is 18.9. The van der Waals surface area contributed by atoms with Gasteiger partial charge in [0.15, 0.2) is 26.3 Å². The lowest BCUT2D eigenvalue weighted by atomic mass is 10.2. The van der Waals surface area contributed by atoms with Crippen LogP contribution in [0.2, 0.25) is 0 Å². The molecule has 0 spiro atoms. The van der Waals surface area contributed by atoms with E-state index in [0.29, 0.717) is 11.4 Å². The summed E-state index contributed by atoms with van der Waals surface area (Å²) in [5.74, 6) is 0.390. The molecule has 136 valence electrons. The molecule has 27 heavy (non-hydrogen) atoms. The molecule has 0 aliphatic carbocycles. The van der Waals surface area contributed by atoms with Crippen molar-refractivity contribution in [2.45, 2.75) is 11.9 Å². The lowest BCUT2D eigenvalue weighted by Gasteiger charge is -2.11. The monoisotopic (exact) mass is 380 g/mol. The maximum atomic E-state index is 11.9. The smallest absolute Gasteiger partial charge is 0.195 e. The minimum atomic E-state index is -3.36. The first-order chi connectivity index (χ1) is 13.1. The van der Waals surface area contributed by atoms with Crippen LogP contribution in [0.1, 0.15) is 6.92 Å². The number of hydrogen-bond donors (Lipinski definition) is 0. The fourth-order valence-electron chi connectivity index (χ4n) is 2.65. The van der Waals surface area contributed by atoms with Gasteiger partial charge in [0.1, 0.15) is 5.69 Å². The molecular formula is C19H16N4O3S. The predicted octanol–water partition coefficient (Wildman–Crippen LogP) is 3.13. The van der Waals surface area contributed by atoms with E-state index < -0.39 is 9.84 Å². The van der Waals surface area contributed by atoms with Gasteiger partial charge >= 0.3 is 0 Å². The molecule has 0 atom stereocenters. The highest BCUT2D eigenvalue weighted by Crippen LogP contribution is 2.27. The van der Waals surface area contributed by atoms with Gasteiger partial charge in [0.2, 0.25) is 0 Å². The minimum Gasteiger partial charge on any atom is -0.371 e. The number of aromatic nitrogens is 4. The van der Waals surface area contributed by atoms with Gasteiger partial charge in [-0.3, -0.25) is 4.98 Å². The maximum Gasteiger partial charge on any atom is 0.195 e. The molecule has 0 bridgehead atoms. The Labute approximate surface area is 156 Å². The molecule has 4 aromatic heterocycles. The highest BCUT2D eigenvalue weighted by atomic mass is 32.2. The molecule has 7 nitrogen and oxygen atoms in total. The third kappa shape index (κ3) is 3.26. The molecule has 0 aliphatic heterocycles. The summed E-state index contributed by atoms with van der Waals surface area (Å²) in [7, 11) is -3.36. The zero-order valence-electron chi connectivity index (χ0n) is 14.5. The lowest BCUT2D eigenvalue weighted by molar-refractivity contribution is 0.230. The summed E-state index contributed by atoms with van der Waals surface area (Å²) >= 11 is 0. The van der Waals surface area contributed by atoms with E-state index in [1.165, 1.54) is 12.3 Å². The van der Waals surface area contributed by atoms with Gasteiger partial charge in [0.05, 0.1) is 17.6 Å². The summed E-state index contributed by atoms with van der Waals surface area (Å²) in [6, 6.07) is 14.3. The van der Waals surface area contributed by atoms with Crippen LogP contribution >= 0.6 is 0 Å². The normalized spacial score (nSPS) is 11.6. The van der Waals surface area contributed by atoms with Gasteiger partial charge in [-0.25, -0.2) is 18.4 Å². The number of pyridine rings is 3. The van der Waals surface area contributed by atoms with Crippen molar-refractivity contribution in [2.75, 3.05) is 5.75 Å². The molecule has 8 heteroatoms. The van der Waals surface area contributed by atoms with E-state index in [1.807, 2.05) is 36.4 Å². The number of fused-ring (bicyclic) bond motifs is 1. The van der Waals surface area contributed by atoms with Gasteiger partial charge in [-0.15, -0.1) is 0 Å². The van der Waals surface area contributed by atoms with Crippen molar-refractivity contribution in [3.8, 4) is 17.1 Å². The highest BCUT2D eigenvalue weighted by molar-refractivity contribution is 7.91. The summed E-state index contributed by atoms with van der Waals surface area (Å²) in [6.45, 7) is 1.58. The molecular weight excluding hydrogens is 364 g/mol. The molecule has 0 aliphatic rings. The Morgan fingerprint density at radius 3 is 2.56 bits per heavy atom. The van der Waals surface area contributed by atoms with Crippen molar-refractivity contribution in [3.05, 3.63) is 67.1 Å². The molecule has 0 N–H and O–H groups in total. The SMILES string of the molecule is CCS(=O)(=O)c1ccc(On2c(-c3ccccn3)cc3cccnc32)cn1. The van der Waals surface area contributed by atoms with E-state index in [-0.39, 0.29) is 10.8 Å². The number of rotatable bonds is 5. The number of sulfone groups is 1. The predicted molar refractivity (Wildman–Crippen MR) is 101 cm³/mol. The second-order valence-corrected chi connectivity index (χ2v) is 8.01. The second-order valence-electron chi connectivity index (χ2n) is 5.78. The Morgan fingerprint density at radius 2 is 1.85 bits per heavy atom. The Balaban J connectivity index is 1.78. The van der Waals surface area contributed by atoms with E-state index in [4.69, 9.17) is 4.84 Å². The first-order valence-corrected chi connectivity index (χ1v) is 9.99. The summed E-state index contributed by atoms with van der Waals surface area (Å²) in [5.41, 5.74) is 2.09. The molecule has 4 heterocycles. The topological polar surface area (TPSA) is 87.0 Å². The number of hydrogen-bond acceptors (Lipinski definition) is 6. The van der Waals surface area contributed by atoms with Crippen molar-refractivity contribution >= 4 is 20.9 Å². The molecule has 0 amide bonds. The Morgan fingerprint density at radius 1 is 1.00 bits per heavy atom. The third-order valence-electron chi connectivity index (χ3n) is 4.05. The first-order valence-electron chi connectivity index (χ1n) is 8.33. The van der Waals surface area contributed by atoms with Crippen LogP contribution in [-0.2, 0) is 9.84 Å². The Hall–Kier alpha value is -3.26. The van der Waals surface area contributed by atoms with E-state index in [2.05, 4.69) is 15.0 Å². The van der Waals surface area contributed by atoms with Crippen LogP contribution in [0, 0.1) is 0 Å². The lowest BCUT2D eigenvalue weighted by Crippen LogP contribution is -2.10. The highest BCUT2D eigenvalue weighted by Gasteiger charge is 2.16. The van der Waals surface area contributed by atoms with Crippen LogP contribution in [0.25, 0.3) is 22.4 Å². The van der Waals surface area contributed by atoms with Crippen LogP contribution in [0.3, 0.4) is 0 Å². The van der Waals surface area contributed by atoms with Gasteiger partial charge in [-0.1, -0.05) is 13.0 Å². The maximum absolute atomic E-state index is 11.9. The van der Waals surface area contributed by atoms with Gasteiger partial charge in [-0.05, 0) is 42.5 Å². The molecule has 0 saturated heterocycles. The van der Waals surface area contributed by atoms with E-state index in [1.54, 1.807) is 30.1 Å². The molecule has 0 saturated carbocycles. The van der Waals surface area contributed by atoms with E-state index >= 15 is 0 Å². The fourth-order valence-corrected chi connectivity index (χ4v) is 3.44.